The molecule has 1 saturated heterocycles. The molecule has 0 bridgehead atoms. The molecule has 27 heavy (non-hydrogen) atoms. The van der Waals surface area contributed by atoms with E-state index in [0.29, 0.717) is 17.4 Å². The van der Waals surface area contributed by atoms with Crippen LogP contribution in [0.25, 0.3) is 0 Å². The maximum atomic E-state index is 12.4. The van der Waals surface area contributed by atoms with Crippen molar-refractivity contribution in [3.63, 3.8) is 0 Å². The Morgan fingerprint density at radius 1 is 1.00 bits per heavy atom. The van der Waals surface area contributed by atoms with Crippen LogP contribution in [0, 0.1) is 0 Å². The summed E-state index contributed by atoms with van der Waals surface area (Å²) >= 11 is 5.93. The summed E-state index contributed by atoms with van der Waals surface area (Å²) in [4.78, 5) is 16.6. The Labute approximate surface area is 165 Å². The third kappa shape index (κ3) is 5.88. The second-order valence-corrected chi connectivity index (χ2v) is 6.92. The molecule has 5 nitrogen and oxygen atoms in total. The second-order valence-electron chi connectivity index (χ2n) is 6.48. The molecular weight excluding hydrogens is 364 g/mol. The first-order valence-electron chi connectivity index (χ1n) is 9.24. The van der Waals surface area contributed by atoms with E-state index in [1.54, 1.807) is 18.2 Å². The van der Waals surface area contributed by atoms with Crippen LogP contribution >= 0.6 is 11.6 Å². The predicted molar refractivity (Wildman–Crippen MR) is 106 cm³/mol. The molecule has 144 valence electrons. The van der Waals surface area contributed by atoms with Gasteiger partial charge in [0.05, 0.1) is 6.61 Å². The van der Waals surface area contributed by atoms with E-state index in [4.69, 9.17) is 21.1 Å². The Hall–Kier alpha value is -2.24. The van der Waals surface area contributed by atoms with Crippen molar-refractivity contribution in [2.24, 2.45) is 0 Å². The highest BCUT2D eigenvalue weighted by Gasteiger charge is 2.21. The van der Waals surface area contributed by atoms with Gasteiger partial charge in [0, 0.05) is 37.7 Å². The van der Waals surface area contributed by atoms with E-state index in [-0.39, 0.29) is 12.5 Å². The zero-order valence-electron chi connectivity index (χ0n) is 15.6. The minimum atomic E-state index is 0.00990. The van der Waals surface area contributed by atoms with Gasteiger partial charge in [0.25, 0.3) is 5.91 Å². The molecule has 0 N–H and O–H groups in total. The van der Waals surface area contributed by atoms with E-state index >= 15 is 0 Å². The Morgan fingerprint density at radius 2 is 1.74 bits per heavy atom. The summed E-state index contributed by atoms with van der Waals surface area (Å²) in [6.07, 6.45) is 0. The van der Waals surface area contributed by atoms with Crippen molar-refractivity contribution in [3.05, 3.63) is 59.1 Å². The average Bonchev–Trinajstić information content (AvgIpc) is 2.68. The summed E-state index contributed by atoms with van der Waals surface area (Å²) in [5, 5.41) is 0.600. The topological polar surface area (TPSA) is 42.0 Å². The second kappa shape index (κ2) is 9.62. The number of benzene rings is 2. The first-order valence-corrected chi connectivity index (χ1v) is 9.62. The molecule has 1 heterocycles. The third-order valence-electron chi connectivity index (χ3n) is 4.52. The largest absolute Gasteiger partial charge is 0.494 e. The van der Waals surface area contributed by atoms with Crippen molar-refractivity contribution < 1.29 is 14.3 Å². The van der Waals surface area contributed by atoms with E-state index in [2.05, 4.69) is 17.0 Å². The van der Waals surface area contributed by atoms with E-state index in [1.807, 2.05) is 30.0 Å². The average molecular weight is 389 g/mol. The molecule has 0 aromatic heterocycles. The summed E-state index contributed by atoms with van der Waals surface area (Å²) in [6, 6.07) is 15.3. The van der Waals surface area contributed by atoms with Crippen LogP contribution in [0.4, 0.5) is 0 Å². The van der Waals surface area contributed by atoms with Crippen LogP contribution in [0.15, 0.2) is 48.5 Å². The predicted octanol–water partition coefficient (Wildman–Crippen LogP) is 3.46. The van der Waals surface area contributed by atoms with Crippen molar-refractivity contribution in [1.82, 2.24) is 9.80 Å². The van der Waals surface area contributed by atoms with Crippen molar-refractivity contribution in [2.45, 2.75) is 13.5 Å². The summed E-state index contributed by atoms with van der Waals surface area (Å²) in [5.41, 5.74) is 1.25. The van der Waals surface area contributed by atoms with Gasteiger partial charge >= 0.3 is 0 Å². The van der Waals surface area contributed by atoms with Gasteiger partial charge in [-0.05, 0) is 42.8 Å². The first-order chi connectivity index (χ1) is 13.1. The van der Waals surface area contributed by atoms with Gasteiger partial charge in [-0.3, -0.25) is 9.69 Å². The van der Waals surface area contributed by atoms with E-state index < -0.39 is 0 Å². The lowest BCUT2D eigenvalue weighted by Gasteiger charge is -2.34. The highest BCUT2D eigenvalue weighted by Crippen LogP contribution is 2.18. The molecule has 2 aromatic carbocycles. The Balaban J connectivity index is 1.42. The van der Waals surface area contributed by atoms with Crippen LogP contribution in [0.2, 0.25) is 5.02 Å². The fourth-order valence-electron chi connectivity index (χ4n) is 3.06. The third-order valence-corrected chi connectivity index (χ3v) is 4.76. The van der Waals surface area contributed by atoms with Gasteiger partial charge in [0.2, 0.25) is 0 Å². The fourth-order valence-corrected chi connectivity index (χ4v) is 3.24. The molecule has 6 heteroatoms. The van der Waals surface area contributed by atoms with E-state index in [1.165, 1.54) is 5.56 Å². The number of hydrogen-bond donors (Lipinski definition) is 0. The van der Waals surface area contributed by atoms with Gasteiger partial charge in [-0.15, -0.1) is 0 Å². The molecule has 1 fully saturated rings. The van der Waals surface area contributed by atoms with E-state index in [9.17, 15) is 4.79 Å². The number of rotatable bonds is 7. The molecule has 0 unspecified atom stereocenters. The zero-order chi connectivity index (χ0) is 19.1. The standard InChI is InChI=1S/C21H25ClN2O3/c1-2-26-19-8-6-17(7-9-19)15-23-10-12-24(13-11-23)21(25)16-27-20-5-3-4-18(22)14-20/h3-9,14H,2,10-13,15-16H2,1H3. The lowest BCUT2D eigenvalue weighted by Crippen LogP contribution is -2.49. The SMILES string of the molecule is CCOc1ccc(CN2CCN(C(=O)COc3cccc(Cl)c3)CC2)cc1. The number of carbonyl (C=O) groups excluding carboxylic acids is 1. The Bertz CT molecular complexity index is 743. The summed E-state index contributed by atoms with van der Waals surface area (Å²) < 4.78 is 11.0. The number of halogens is 1. The van der Waals surface area contributed by atoms with Gasteiger partial charge in [0.1, 0.15) is 11.5 Å². The lowest BCUT2D eigenvalue weighted by atomic mass is 10.2. The smallest absolute Gasteiger partial charge is 0.260 e. The van der Waals surface area contributed by atoms with Crippen molar-refractivity contribution in [3.8, 4) is 11.5 Å². The maximum absolute atomic E-state index is 12.4. The molecule has 1 aliphatic rings. The van der Waals surface area contributed by atoms with Crippen LogP contribution < -0.4 is 9.47 Å². The summed E-state index contributed by atoms with van der Waals surface area (Å²) in [6.45, 7) is 6.73. The molecule has 3 rings (SSSR count). The van der Waals surface area contributed by atoms with Crippen LogP contribution in [0.1, 0.15) is 12.5 Å². The number of ether oxygens (including phenoxy) is 2. The van der Waals surface area contributed by atoms with Crippen molar-refractivity contribution in [2.75, 3.05) is 39.4 Å². The van der Waals surface area contributed by atoms with Crippen LogP contribution in [0.5, 0.6) is 11.5 Å². The normalized spacial score (nSPS) is 14.8. The van der Waals surface area contributed by atoms with Gasteiger partial charge < -0.3 is 14.4 Å². The minimum absolute atomic E-state index is 0.00990. The van der Waals surface area contributed by atoms with Gasteiger partial charge in [-0.25, -0.2) is 0 Å². The molecule has 0 spiro atoms. The van der Waals surface area contributed by atoms with Gasteiger partial charge in [-0.1, -0.05) is 29.8 Å². The molecule has 2 aromatic rings. The number of amides is 1. The summed E-state index contributed by atoms with van der Waals surface area (Å²) in [7, 11) is 0. The molecule has 0 atom stereocenters. The number of hydrogen-bond acceptors (Lipinski definition) is 4. The van der Waals surface area contributed by atoms with Gasteiger partial charge in [0.15, 0.2) is 6.61 Å². The van der Waals surface area contributed by atoms with Crippen molar-refractivity contribution >= 4 is 17.5 Å². The maximum Gasteiger partial charge on any atom is 0.260 e. The minimum Gasteiger partial charge on any atom is -0.494 e. The van der Waals surface area contributed by atoms with Crippen LogP contribution in [-0.2, 0) is 11.3 Å². The molecule has 1 amide bonds. The number of nitrogens with zero attached hydrogens (tertiary/aromatic N) is 2. The monoisotopic (exact) mass is 388 g/mol. The van der Waals surface area contributed by atoms with E-state index in [0.717, 1.165) is 38.5 Å². The molecule has 0 saturated carbocycles. The Kier molecular flexibility index (Phi) is 6.96. The quantitative estimate of drug-likeness (QED) is 0.728. The highest BCUT2D eigenvalue weighted by atomic mass is 35.5. The number of piperazine rings is 1. The number of carbonyl (C=O) groups is 1. The molecular formula is C21H25ClN2O3. The van der Waals surface area contributed by atoms with Crippen molar-refractivity contribution in [1.29, 1.82) is 0 Å². The molecule has 0 aliphatic carbocycles. The lowest BCUT2D eigenvalue weighted by molar-refractivity contribution is -0.135. The summed E-state index contributed by atoms with van der Waals surface area (Å²) in [5.74, 6) is 1.53. The fraction of sp³-hybridized carbons (Fsp3) is 0.381. The Morgan fingerprint density at radius 3 is 2.41 bits per heavy atom. The molecule has 0 radical (unpaired) electrons. The first kappa shape index (κ1) is 19.5. The van der Waals surface area contributed by atoms with Gasteiger partial charge in [-0.2, -0.15) is 0 Å². The highest BCUT2D eigenvalue weighted by molar-refractivity contribution is 6.30. The zero-order valence-corrected chi connectivity index (χ0v) is 16.3. The molecule has 1 aliphatic heterocycles. The van der Waals surface area contributed by atoms with Crippen LogP contribution in [0.3, 0.4) is 0 Å². The van der Waals surface area contributed by atoms with Crippen LogP contribution in [-0.4, -0.2) is 55.1 Å².